The van der Waals surface area contributed by atoms with Crippen LogP contribution in [0, 0.1) is 19.7 Å². The monoisotopic (exact) mass is 366 g/mol. The third-order valence-corrected chi connectivity index (χ3v) is 4.71. The molecule has 0 spiro atoms. The molecule has 140 valence electrons. The van der Waals surface area contributed by atoms with Crippen LogP contribution in [0.5, 0.6) is 5.75 Å². The molecule has 0 radical (unpaired) electrons. The number of halogens is 1. The van der Waals surface area contributed by atoms with Gasteiger partial charge >= 0.3 is 0 Å². The third kappa shape index (κ3) is 4.09. The quantitative estimate of drug-likeness (QED) is 0.724. The molecule has 4 nitrogen and oxygen atoms in total. The molecule has 1 aromatic heterocycles. The topological polar surface area (TPSA) is 57.2 Å². The lowest BCUT2D eigenvalue weighted by molar-refractivity contribution is 0.301. The molecule has 0 bridgehead atoms. The summed E-state index contributed by atoms with van der Waals surface area (Å²) in [6.45, 7) is 4.51. The molecule has 0 atom stereocenters. The highest BCUT2D eigenvalue weighted by Crippen LogP contribution is 2.20. The normalized spacial score (nSPS) is 10.8. The summed E-state index contributed by atoms with van der Waals surface area (Å²) in [5.74, 6) is 0.217. The molecule has 5 heteroatoms. The highest BCUT2D eigenvalue weighted by atomic mass is 19.1. The second kappa shape index (κ2) is 8.18. The Balaban J connectivity index is 1.87. The molecule has 0 fully saturated rings. The number of aromatic nitrogens is 1. The molecule has 3 rings (SSSR count). The Morgan fingerprint density at radius 1 is 1.00 bits per heavy atom. The van der Waals surface area contributed by atoms with Gasteiger partial charge in [0.1, 0.15) is 18.2 Å². The summed E-state index contributed by atoms with van der Waals surface area (Å²) in [5.41, 5.74) is 9.29. The lowest BCUT2D eigenvalue weighted by atomic mass is 10.1. The molecule has 3 aromatic rings. The smallest absolute Gasteiger partial charge is 0.257 e. The summed E-state index contributed by atoms with van der Waals surface area (Å²) >= 11 is 0. The van der Waals surface area contributed by atoms with E-state index in [1.807, 2.05) is 37.3 Å². The van der Waals surface area contributed by atoms with Gasteiger partial charge < -0.3 is 15.0 Å². The van der Waals surface area contributed by atoms with Crippen LogP contribution in [0.3, 0.4) is 0 Å². The van der Waals surface area contributed by atoms with E-state index in [4.69, 9.17) is 10.5 Å². The molecule has 2 N–H and O–H groups in total. The third-order valence-electron chi connectivity index (χ3n) is 4.71. The number of nitrogens with zero attached hydrogens (tertiary/aromatic N) is 1. The maximum Gasteiger partial charge on any atom is 0.257 e. The number of hydrogen-bond donors (Lipinski definition) is 1. The zero-order valence-electron chi connectivity index (χ0n) is 15.5. The minimum Gasteiger partial charge on any atom is -0.488 e. The zero-order valence-corrected chi connectivity index (χ0v) is 15.5. The molecule has 0 saturated heterocycles. The molecule has 0 aliphatic rings. The van der Waals surface area contributed by atoms with Crippen LogP contribution in [0.4, 0.5) is 4.39 Å². The van der Waals surface area contributed by atoms with Crippen LogP contribution in [0.25, 0.3) is 0 Å². The van der Waals surface area contributed by atoms with Crippen LogP contribution in [-0.4, -0.2) is 4.57 Å². The molecule has 0 saturated carbocycles. The van der Waals surface area contributed by atoms with Gasteiger partial charge in [-0.15, -0.1) is 0 Å². The first-order valence-corrected chi connectivity index (χ1v) is 8.85. The van der Waals surface area contributed by atoms with Crippen molar-refractivity contribution in [3.05, 3.63) is 98.7 Å². The molecular formula is C22H23FN2O2. The van der Waals surface area contributed by atoms with Crippen LogP contribution in [0.15, 0.2) is 59.4 Å². The second-order valence-corrected chi connectivity index (χ2v) is 6.52. The zero-order chi connectivity index (χ0) is 19.4. The van der Waals surface area contributed by atoms with E-state index in [1.54, 1.807) is 29.7 Å². The van der Waals surface area contributed by atoms with Gasteiger partial charge in [-0.05, 0) is 37.1 Å². The van der Waals surface area contributed by atoms with Crippen molar-refractivity contribution >= 4 is 0 Å². The molecular weight excluding hydrogens is 343 g/mol. The molecule has 1 heterocycles. The Labute approximate surface area is 158 Å². The van der Waals surface area contributed by atoms with Gasteiger partial charge in [-0.2, -0.15) is 0 Å². The standard InChI is InChI=1S/C22H23FN2O2/c1-15-11-21(27-14-19-9-4-3-7-17(19)12-24)16(2)22(26)25(15)13-18-8-5-6-10-20(18)23/h3-11H,12-14,24H2,1-2H3. The van der Waals surface area contributed by atoms with Gasteiger partial charge in [-0.25, -0.2) is 4.39 Å². The highest BCUT2D eigenvalue weighted by molar-refractivity contribution is 5.34. The SMILES string of the molecule is Cc1c(OCc2ccccc2CN)cc(C)n(Cc2ccccc2F)c1=O. The maximum absolute atomic E-state index is 13.9. The fraction of sp³-hybridized carbons (Fsp3) is 0.227. The Bertz CT molecular complexity index is 1010. The van der Waals surface area contributed by atoms with Crippen LogP contribution in [0.2, 0.25) is 0 Å². The molecule has 27 heavy (non-hydrogen) atoms. The summed E-state index contributed by atoms with van der Waals surface area (Å²) in [6, 6.07) is 16.1. The van der Waals surface area contributed by atoms with Crippen molar-refractivity contribution in [2.24, 2.45) is 5.73 Å². The summed E-state index contributed by atoms with van der Waals surface area (Å²) in [6.07, 6.45) is 0. The number of pyridine rings is 1. The number of ether oxygens (including phenoxy) is 1. The molecule has 0 amide bonds. The predicted octanol–water partition coefficient (Wildman–Crippen LogP) is 3.69. The summed E-state index contributed by atoms with van der Waals surface area (Å²) in [5, 5.41) is 0. The van der Waals surface area contributed by atoms with Crippen LogP contribution in [0.1, 0.15) is 27.9 Å². The average molecular weight is 366 g/mol. The summed E-state index contributed by atoms with van der Waals surface area (Å²) < 4.78 is 21.4. The number of aryl methyl sites for hydroxylation is 1. The number of benzene rings is 2. The van der Waals surface area contributed by atoms with Gasteiger partial charge in [0, 0.05) is 17.8 Å². The van der Waals surface area contributed by atoms with Crippen molar-refractivity contribution in [1.29, 1.82) is 0 Å². The van der Waals surface area contributed by atoms with Crippen molar-refractivity contribution < 1.29 is 9.13 Å². The van der Waals surface area contributed by atoms with E-state index in [0.717, 1.165) is 16.8 Å². The van der Waals surface area contributed by atoms with Gasteiger partial charge in [-0.1, -0.05) is 42.5 Å². The van der Waals surface area contributed by atoms with Crippen molar-refractivity contribution in [3.8, 4) is 5.75 Å². The van der Waals surface area contributed by atoms with Crippen LogP contribution < -0.4 is 16.0 Å². The van der Waals surface area contributed by atoms with Crippen molar-refractivity contribution in [1.82, 2.24) is 4.57 Å². The first-order valence-electron chi connectivity index (χ1n) is 8.85. The lowest BCUT2D eigenvalue weighted by Gasteiger charge is -2.16. The van der Waals surface area contributed by atoms with Gasteiger partial charge in [0.05, 0.1) is 12.1 Å². The predicted molar refractivity (Wildman–Crippen MR) is 104 cm³/mol. The van der Waals surface area contributed by atoms with Gasteiger partial charge in [0.2, 0.25) is 0 Å². The Morgan fingerprint density at radius 2 is 1.63 bits per heavy atom. The number of nitrogens with two attached hydrogens (primary N) is 1. The largest absolute Gasteiger partial charge is 0.488 e. The average Bonchev–Trinajstić information content (AvgIpc) is 2.68. The van der Waals surface area contributed by atoms with Crippen LogP contribution >= 0.6 is 0 Å². The van der Waals surface area contributed by atoms with Crippen molar-refractivity contribution in [2.45, 2.75) is 33.5 Å². The van der Waals surface area contributed by atoms with Crippen LogP contribution in [-0.2, 0) is 19.7 Å². The Morgan fingerprint density at radius 3 is 2.30 bits per heavy atom. The van der Waals surface area contributed by atoms with E-state index >= 15 is 0 Å². The lowest BCUT2D eigenvalue weighted by Crippen LogP contribution is -2.26. The van der Waals surface area contributed by atoms with Gasteiger partial charge in [0.15, 0.2) is 0 Å². The van der Waals surface area contributed by atoms with Gasteiger partial charge in [0.25, 0.3) is 5.56 Å². The molecule has 0 aliphatic carbocycles. The molecule has 2 aromatic carbocycles. The number of rotatable bonds is 6. The number of hydrogen-bond acceptors (Lipinski definition) is 3. The summed E-state index contributed by atoms with van der Waals surface area (Å²) in [7, 11) is 0. The van der Waals surface area contributed by atoms with Gasteiger partial charge in [-0.3, -0.25) is 4.79 Å². The van der Waals surface area contributed by atoms with E-state index in [2.05, 4.69) is 0 Å². The minimum absolute atomic E-state index is 0.180. The fourth-order valence-corrected chi connectivity index (χ4v) is 3.04. The second-order valence-electron chi connectivity index (χ2n) is 6.52. The maximum atomic E-state index is 13.9. The fourth-order valence-electron chi connectivity index (χ4n) is 3.04. The van der Waals surface area contributed by atoms with E-state index in [0.29, 0.717) is 30.0 Å². The van der Waals surface area contributed by atoms with Crippen molar-refractivity contribution in [2.75, 3.05) is 0 Å². The minimum atomic E-state index is -0.319. The first-order chi connectivity index (χ1) is 13.0. The molecule has 0 aliphatic heterocycles. The van der Waals surface area contributed by atoms with E-state index in [-0.39, 0.29) is 17.9 Å². The Kier molecular flexibility index (Phi) is 5.72. The highest BCUT2D eigenvalue weighted by Gasteiger charge is 2.13. The van der Waals surface area contributed by atoms with Crippen molar-refractivity contribution in [3.63, 3.8) is 0 Å². The Hall–Kier alpha value is -2.92. The summed E-state index contributed by atoms with van der Waals surface area (Å²) in [4.78, 5) is 12.8. The van der Waals surface area contributed by atoms with E-state index < -0.39 is 0 Å². The first kappa shape index (κ1) is 18.9. The van der Waals surface area contributed by atoms with E-state index in [1.165, 1.54) is 6.07 Å². The van der Waals surface area contributed by atoms with E-state index in [9.17, 15) is 9.18 Å². The molecule has 0 unspecified atom stereocenters.